The van der Waals surface area contributed by atoms with E-state index in [1.807, 2.05) is 12.1 Å². The highest BCUT2D eigenvalue weighted by Gasteiger charge is 2.47. The van der Waals surface area contributed by atoms with Crippen LogP contribution in [0.2, 0.25) is 0 Å². The van der Waals surface area contributed by atoms with Crippen molar-refractivity contribution in [1.29, 1.82) is 10.5 Å². The van der Waals surface area contributed by atoms with E-state index in [1.54, 1.807) is 31.2 Å². The quantitative estimate of drug-likeness (QED) is 0.765. The Morgan fingerprint density at radius 2 is 2.16 bits per heavy atom. The third kappa shape index (κ3) is 1.84. The molecule has 1 aliphatic heterocycles. The van der Waals surface area contributed by atoms with E-state index < -0.39 is 17.7 Å². The van der Waals surface area contributed by atoms with E-state index in [4.69, 9.17) is 4.74 Å². The number of carbonyl (C=O) groups is 1. The summed E-state index contributed by atoms with van der Waals surface area (Å²) in [5, 5.41) is 21.6. The van der Waals surface area contributed by atoms with E-state index in [9.17, 15) is 15.3 Å². The van der Waals surface area contributed by atoms with Gasteiger partial charge in [0.2, 0.25) is 0 Å². The van der Waals surface area contributed by atoms with E-state index in [1.165, 1.54) is 12.0 Å². The van der Waals surface area contributed by atoms with Gasteiger partial charge in [-0.15, -0.1) is 0 Å². The zero-order valence-corrected chi connectivity index (χ0v) is 10.5. The van der Waals surface area contributed by atoms with Crippen LogP contribution >= 0.6 is 0 Å². The molecule has 2 unspecified atom stereocenters. The maximum Gasteiger partial charge on any atom is 0.415 e. The highest BCUT2D eigenvalue weighted by atomic mass is 16.5. The van der Waals surface area contributed by atoms with Crippen LogP contribution in [0.1, 0.15) is 6.92 Å². The molecule has 1 aromatic rings. The molecule has 1 aliphatic rings. The fourth-order valence-corrected chi connectivity index (χ4v) is 2.11. The van der Waals surface area contributed by atoms with Crippen molar-refractivity contribution >= 4 is 17.5 Å². The molecular formula is C13H12N4O2. The Balaban J connectivity index is 2.64. The van der Waals surface area contributed by atoms with Crippen LogP contribution in [-0.2, 0) is 4.74 Å². The maximum absolute atomic E-state index is 11.9. The molecule has 0 spiro atoms. The second-order valence-electron chi connectivity index (χ2n) is 4.33. The zero-order chi connectivity index (χ0) is 14.0. The van der Waals surface area contributed by atoms with Gasteiger partial charge in [-0.1, -0.05) is 12.1 Å². The van der Waals surface area contributed by atoms with Gasteiger partial charge in [0, 0.05) is 0 Å². The summed E-state index contributed by atoms with van der Waals surface area (Å²) in [4.78, 5) is 13.1. The molecule has 96 valence electrons. The molecule has 0 saturated heterocycles. The Hall–Kier alpha value is -2.73. The molecule has 1 aromatic carbocycles. The summed E-state index contributed by atoms with van der Waals surface area (Å²) < 4.78 is 4.72. The van der Waals surface area contributed by atoms with E-state index in [-0.39, 0.29) is 0 Å². The number of amides is 1. The number of anilines is 2. The van der Waals surface area contributed by atoms with Gasteiger partial charge < -0.3 is 10.1 Å². The Bertz CT molecular complexity index is 601. The fraction of sp³-hybridized carbons (Fsp3) is 0.308. The predicted octanol–water partition coefficient (Wildman–Crippen LogP) is 1.86. The number of nitrogens with zero attached hydrogens (tertiary/aromatic N) is 3. The molecule has 0 fully saturated rings. The summed E-state index contributed by atoms with van der Waals surface area (Å²) in [6, 6.07) is 10.0. The first kappa shape index (κ1) is 12.7. The topological polar surface area (TPSA) is 89.2 Å². The summed E-state index contributed by atoms with van der Waals surface area (Å²) >= 11 is 0. The lowest BCUT2D eigenvalue weighted by atomic mass is 9.89. The molecular weight excluding hydrogens is 244 g/mol. The molecule has 6 heteroatoms. The lowest BCUT2D eigenvalue weighted by Crippen LogP contribution is -2.59. The lowest BCUT2D eigenvalue weighted by molar-refractivity contribution is 0.175. The fourth-order valence-electron chi connectivity index (χ4n) is 2.11. The summed E-state index contributed by atoms with van der Waals surface area (Å²) in [5.74, 6) is 0. The summed E-state index contributed by atoms with van der Waals surface area (Å²) in [7, 11) is 1.24. The number of fused-ring (bicyclic) bond motifs is 1. The average molecular weight is 256 g/mol. The number of hydrogen-bond acceptors (Lipinski definition) is 5. The largest absolute Gasteiger partial charge is 0.452 e. The number of benzene rings is 1. The predicted molar refractivity (Wildman–Crippen MR) is 68.4 cm³/mol. The van der Waals surface area contributed by atoms with Crippen LogP contribution in [0.25, 0.3) is 0 Å². The SMILES string of the molecule is COC(=O)N1c2ccccc2NC(C)(C#N)C1C#N. The number of rotatable bonds is 0. The molecule has 0 aliphatic carbocycles. The molecule has 1 heterocycles. The molecule has 1 amide bonds. The van der Waals surface area contributed by atoms with E-state index in [2.05, 4.69) is 5.32 Å². The van der Waals surface area contributed by atoms with E-state index >= 15 is 0 Å². The monoisotopic (exact) mass is 256 g/mol. The molecule has 0 saturated carbocycles. The second-order valence-corrected chi connectivity index (χ2v) is 4.33. The van der Waals surface area contributed by atoms with Gasteiger partial charge in [-0.25, -0.2) is 4.79 Å². The van der Waals surface area contributed by atoms with E-state index in [0.29, 0.717) is 11.4 Å². The van der Waals surface area contributed by atoms with Crippen LogP contribution in [0.3, 0.4) is 0 Å². The van der Waals surface area contributed by atoms with Crippen LogP contribution in [0.15, 0.2) is 24.3 Å². The van der Waals surface area contributed by atoms with Gasteiger partial charge in [0.05, 0.1) is 30.6 Å². The van der Waals surface area contributed by atoms with Crippen molar-refractivity contribution in [3.8, 4) is 12.1 Å². The highest BCUT2D eigenvalue weighted by Crippen LogP contribution is 2.38. The van der Waals surface area contributed by atoms with Gasteiger partial charge in [-0.3, -0.25) is 4.90 Å². The van der Waals surface area contributed by atoms with Gasteiger partial charge in [-0.05, 0) is 19.1 Å². The van der Waals surface area contributed by atoms with Crippen molar-refractivity contribution in [2.24, 2.45) is 0 Å². The average Bonchev–Trinajstić information content (AvgIpc) is 2.44. The van der Waals surface area contributed by atoms with Crippen LogP contribution in [0.5, 0.6) is 0 Å². The number of ether oxygens (including phenoxy) is 1. The van der Waals surface area contributed by atoms with Crippen molar-refractivity contribution in [3.63, 3.8) is 0 Å². The molecule has 19 heavy (non-hydrogen) atoms. The first-order valence-electron chi connectivity index (χ1n) is 5.62. The molecule has 2 atom stereocenters. The Morgan fingerprint density at radius 1 is 1.47 bits per heavy atom. The molecule has 1 N–H and O–H groups in total. The first-order valence-corrected chi connectivity index (χ1v) is 5.62. The number of nitriles is 2. The second kappa shape index (κ2) is 4.51. The number of methoxy groups -OCH3 is 1. The van der Waals surface area contributed by atoms with Gasteiger partial charge in [0.15, 0.2) is 11.6 Å². The third-order valence-corrected chi connectivity index (χ3v) is 3.09. The lowest BCUT2D eigenvalue weighted by Gasteiger charge is -2.41. The highest BCUT2D eigenvalue weighted by molar-refractivity contribution is 5.95. The number of nitrogens with one attached hydrogen (secondary N) is 1. The van der Waals surface area contributed by atoms with Gasteiger partial charge in [-0.2, -0.15) is 10.5 Å². The van der Waals surface area contributed by atoms with Crippen molar-refractivity contribution in [1.82, 2.24) is 0 Å². The third-order valence-electron chi connectivity index (χ3n) is 3.09. The standard InChI is InChI=1S/C13H12N4O2/c1-13(8-15)11(7-14)17(12(18)19-2)10-6-4-3-5-9(10)16-13/h3-6,11,16H,1-2H3. The number of hydrogen-bond donors (Lipinski definition) is 1. The first-order chi connectivity index (χ1) is 9.07. The molecule has 2 rings (SSSR count). The normalized spacial score (nSPS) is 24.4. The van der Waals surface area contributed by atoms with Crippen LogP contribution in [0.4, 0.5) is 16.2 Å². The summed E-state index contributed by atoms with van der Waals surface area (Å²) in [6.07, 6.45) is -0.665. The van der Waals surface area contributed by atoms with Crippen molar-refractivity contribution in [3.05, 3.63) is 24.3 Å². The van der Waals surface area contributed by atoms with E-state index in [0.717, 1.165) is 0 Å². The molecule has 0 aromatic heterocycles. The van der Waals surface area contributed by atoms with Crippen molar-refractivity contribution < 1.29 is 9.53 Å². The molecule has 0 bridgehead atoms. The van der Waals surface area contributed by atoms with Crippen molar-refractivity contribution in [2.75, 3.05) is 17.3 Å². The Labute approximate surface area is 110 Å². The van der Waals surface area contributed by atoms with Gasteiger partial charge in [0.1, 0.15) is 0 Å². The van der Waals surface area contributed by atoms with Crippen molar-refractivity contribution in [2.45, 2.75) is 18.5 Å². The van der Waals surface area contributed by atoms with Crippen LogP contribution < -0.4 is 10.2 Å². The van der Waals surface area contributed by atoms with Gasteiger partial charge in [0.25, 0.3) is 0 Å². The number of carbonyl (C=O) groups excluding carboxylic acids is 1. The zero-order valence-electron chi connectivity index (χ0n) is 10.5. The summed E-state index contributed by atoms with van der Waals surface area (Å²) in [5.41, 5.74) is -0.0609. The molecule has 6 nitrogen and oxygen atoms in total. The number of para-hydroxylation sites is 2. The minimum atomic E-state index is -1.20. The maximum atomic E-state index is 11.9. The minimum absolute atomic E-state index is 0.522. The Morgan fingerprint density at radius 3 is 2.74 bits per heavy atom. The van der Waals surface area contributed by atoms with Crippen LogP contribution in [0, 0.1) is 22.7 Å². The van der Waals surface area contributed by atoms with Gasteiger partial charge >= 0.3 is 6.09 Å². The summed E-state index contributed by atoms with van der Waals surface area (Å²) in [6.45, 7) is 1.58. The molecule has 0 radical (unpaired) electrons. The Kier molecular flexibility index (Phi) is 3.02. The smallest absolute Gasteiger partial charge is 0.415 e. The minimum Gasteiger partial charge on any atom is -0.452 e. The van der Waals surface area contributed by atoms with Crippen LogP contribution in [-0.4, -0.2) is 24.8 Å².